The normalized spacial score (nSPS) is 10.9. The lowest BCUT2D eigenvalue weighted by atomic mass is 10.1. The Morgan fingerprint density at radius 2 is 2.22 bits per heavy atom. The maximum absolute atomic E-state index is 11.9. The maximum Gasteiger partial charge on any atom is 0.263 e. The van der Waals surface area contributed by atoms with Crippen molar-refractivity contribution in [2.75, 3.05) is 19.8 Å². The summed E-state index contributed by atoms with van der Waals surface area (Å²) < 4.78 is 5.18. The molecule has 23 heavy (non-hydrogen) atoms. The molecule has 0 heterocycles. The van der Waals surface area contributed by atoms with Crippen LogP contribution in [0.2, 0.25) is 0 Å². The van der Waals surface area contributed by atoms with E-state index in [1.54, 1.807) is 0 Å². The van der Waals surface area contributed by atoms with Gasteiger partial charge in [0.05, 0.1) is 0 Å². The molecule has 0 bridgehead atoms. The number of nitrogens with two attached hydrogens (primary N) is 1. The van der Waals surface area contributed by atoms with Crippen molar-refractivity contribution < 1.29 is 9.53 Å². The number of carbonyl (C=O) groups excluding carboxylic acids is 1. The first kappa shape index (κ1) is 18.7. The Bertz CT molecular complexity index is 564. The average Bonchev–Trinajstić information content (AvgIpc) is 2.58. The fourth-order valence-corrected chi connectivity index (χ4v) is 1.90. The van der Waals surface area contributed by atoms with E-state index in [1.807, 2.05) is 37.3 Å². The minimum Gasteiger partial charge on any atom is -0.386 e. The number of nitriles is 1. The van der Waals surface area contributed by atoms with E-state index in [-0.39, 0.29) is 11.5 Å². The van der Waals surface area contributed by atoms with E-state index in [4.69, 9.17) is 15.7 Å². The Labute approximate surface area is 137 Å². The molecule has 1 aromatic carbocycles. The predicted molar refractivity (Wildman–Crippen MR) is 89.0 cm³/mol. The van der Waals surface area contributed by atoms with Gasteiger partial charge in [-0.15, -0.1) is 0 Å². The van der Waals surface area contributed by atoms with E-state index in [9.17, 15) is 4.79 Å². The van der Waals surface area contributed by atoms with Crippen molar-refractivity contribution in [2.45, 2.75) is 26.4 Å². The van der Waals surface area contributed by atoms with Crippen LogP contribution < -0.4 is 16.4 Å². The molecule has 0 aliphatic rings. The molecule has 0 spiro atoms. The number of nitrogens with zero attached hydrogens (tertiary/aromatic N) is 1. The van der Waals surface area contributed by atoms with Gasteiger partial charge in [-0.3, -0.25) is 4.79 Å². The second-order valence-corrected chi connectivity index (χ2v) is 4.88. The Morgan fingerprint density at radius 1 is 1.43 bits per heavy atom. The summed E-state index contributed by atoms with van der Waals surface area (Å²) in [5.41, 5.74) is 7.73. The number of rotatable bonds is 10. The summed E-state index contributed by atoms with van der Waals surface area (Å²) >= 11 is 0. The lowest BCUT2D eigenvalue weighted by Gasteiger charge is -2.06. The number of amides is 1. The monoisotopic (exact) mass is 316 g/mol. The highest BCUT2D eigenvalue weighted by molar-refractivity contribution is 5.97. The van der Waals surface area contributed by atoms with Crippen molar-refractivity contribution in [3.05, 3.63) is 47.2 Å². The van der Waals surface area contributed by atoms with Crippen LogP contribution in [0, 0.1) is 11.3 Å². The molecule has 0 aliphatic carbocycles. The topological polar surface area (TPSA) is 100 Å². The van der Waals surface area contributed by atoms with Gasteiger partial charge in [0, 0.05) is 39.0 Å². The number of hydrogen-bond donors (Lipinski definition) is 3. The zero-order valence-electron chi connectivity index (χ0n) is 13.5. The van der Waals surface area contributed by atoms with E-state index in [1.165, 1.54) is 6.20 Å². The van der Waals surface area contributed by atoms with Gasteiger partial charge in [-0.25, -0.2) is 0 Å². The summed E-state index contributed by atoms with van der Waals surface area (Å²) in [5, 5.41) is 14.7. The minimum atomic E-state index is -0.382. The van der Waals surface area contributed by atoms with E-state index < -0.39 is 0 Å². The molecule has 1 aromatic rings. The first-order valence-corrected chi connectivity index (χ1v) is 7.68. The molecule has 0 saturated heterocycles. The Balaban J connectivity index is 2.42. The fourth-order valence-electron chi connectivity index (χ4n) is 1.90. The molecule has 1 rings (SSSR count). The minimum absolute atomic E-state index is 0.0522. The smallest absolute Gasteiger partial charge is 0.263 e. The zero-order valence-corrected chi connectivity index (χ0v) is 13.5. The molecule has 4 N–H and O–H groups in total. The summed E-state index contributed by atoms with van der Waals surface area (Å²) in [6, 6.07) is 9.73. The van der Waals surface area contributed by atoms with Gasteiger partial charge in [0.15, 0.2) is 0 Å². The molecular weight excluding hydrogens is 292 g/mol. The molecule has 0 aromatic heterocycles. The molecule has 0 aliphatic heterocycles. The van der Waals surface area contributed by atoms with Gasteiger partial charge in [-0.05, 0) is 24.5 Å². The van der Waals surface area contributed by atoms with Crippen molar-refractivity contribution in [2.24, 2.45) is 5.73 Å². The fraction of sp³-hybridized carbons (Fsp3) is 0.412. The van der Waals surface area contributed by atoms with Gasteiger partial charge in [-0.2, -0.15) is 5.26 Å². The van der Waals surface area contributed by atoms with E-state index in [0.717, 1.165) is 17.5 Å². The summed E-state index contributed by atoms with van der Waals surface area (Å²) in [6.45, 7) is 4.67. The molecule has 6 nitrogen and oxygen atoms in total. The average molecular weight is 316 g/mol. The number of hydrogen-bond acceptors (Lipinski definition) is 5. The predicted octanol–water partition coefficient (Wildman–Crippen LogP) is 1.19. The lowest BCUT2D eigenvalue weighted by Crippen LogP contribution is -2.27. The van der Waals surface area contributed by atoms with Gasteiger partial charge < -0.3 is 21.1 Å². The Hall–Kier alpha value is -2.36. The SMILES string of the molecule is CCOCCCNC(=O)/C(C#N)=C\NCc1cccc(CN)c1. The lowest BCUT2D eigenvalue weighted by molar-refractivity contribution is -0.117. The number of benzene rings is 1. The van der Waals surface area contributed by atoms with Gasteiger partial charge in [-0.1, -0.05) is 24.3 Å². The molecule has 124 valence electrons. The van der Waals surface area contributed by atoms with Crippen LogP contribution in [0.3, 0.4) is 0 Å². The van der Waals surface area contributed by atoms with E-state index in [0.29, 0.717) is 32.8 Å². The van der Waals surface area contributed by atoms with Crippen LogP contribution in [0.25, 0.3) is 0 Å². The van der Waals surface area contributed by atoms with E-state index >= 15 is 0 Å². The van der Waals surface area contributed by atoms with Crippen molar-refractivity contribution in [1.29, 1.82) is 5.26 Å². The third kappa shape index (κ3) is 7.45. The van der Waals surface area contributed by atoms with Gasteiger partial charge in [0.25, 0.3) is 5.91 Å². The summed E-state index contributed by atoms with van der Waals surface area (Å²) in [7, 11) is 0. The van der Waals surface area contributed by atoms with Crippen LogP contribution >= 0.6 is 0 Å². The molecule has 0 radical (unpaired) electrons. The first-order chi connectivity index (χ1) is 11.2. The third-order valence-electron chi connectivity index (χ3n) is 3.10. The van der Waals surface area contributed by atoms with Gasteiger partial charge in [0.2, 0.25) is 0 Å². The largest absolute Gasteiger partial charge is 0.386 e. The van der Waals surface area contributed by atoms with Crippen LogP contribution in [0.1, 0.15) is 24.5 Å². The Kier molecular flexibility index (Phi) is 9.13. The number of nitrogens with one attached hydrogen (secondary N) is 2. The molecule has 0 fully saturated rings. The van der Waals surface area contributed by atoms with Crippen molar-refractivity contribution >= 4 is 5.91 Å². The standard InChI is InChI=1S/C17H24N4O2/c1-2-23-8-4-7-21-17(22)16(11-19)13-20-12-15-6-3-5-14(9-15)10-18/h3,5-6,9,13,20H,2,4,7-8,10,12,18H2,1H3,(H,21,22)/b16-13-. The number of ether oxygens (including phenoxy) is 1. The highest BCUT2D eigenvalue weighted by Gasteiger charge is 2.07. The van der Waals surface area contributed by atoms with Crippen LogP contribution in [0.15, 0.2) is 36.0 Å². The van der Waals surface area contributed by atoms with Crippen molar-refractivity contribution in [3.8, 4) is 6.07 Å². The van der Waals surface area contributed by atoms with Crippen LogP contribution in [0.4, 0.5) is 0 Å². The van der Waals surface area contributed by atoms with Crippen molar-refractivity contribution in [1.82, 2.24) is 10.6 Å². The summed E-state index contributed by atoms with van der Waals surface area (Å²) in [4.78, 5) is 11.9. The molecule has 0 atom stereocenters. The summed E-state index contributed by atoms with van der Waals surface area (Å²) in [6.07, 6.45) is 2.16. The third-order valence-corrected chi connectivity index (χ3v) is 3.10. The second-order valence-electron chi connectivity index (χ2n) is 4.88. The van der Waals surface area contributed by atoms with Crippen LogP contribution in [-0.2, 0) is 22.6 Å². The highest BCUT2D eigenvalue weighted by Crippen LogP contribution is 2.04. The highest BCUT2D eigenvalue weighted by atomic mass is 16.5. The molecular formula is C17H24N4O2. The first-order valence-electron chi connectivity index (χ1n) is 7.68. The second kappa shape index (κ2) is 11.2. The van der Waals surface area contributed by atoms with E-state index in [2.05, 4.69) is 10.6 Å². The zero-order chi connectivity index (χ0) is 16.9. The van der Waals surface area contributed by atoms with Gasteiger partial charge in [0.1, 0.15) is 11.6 Å². The number of carbonyl (C=O) groups is 1. The molecule has 1 amide bonds. The molecule has 0 unspecified atom stereocenters. The Morgan fingerprint density at radius 3 is 2.91 bits per heavy atom. The maximum atomic E-state index is 11.9. The quantitative estimate of drug-likeness (QED) is 0.342. The molecule has 6 heteroatoms. The summed E-state index contributed by atoms with van der Waals surface area (Å²) in [5.74, 6) is -0.382. The van der Waals surface area contributed by atoms with Crippen LogP contribution in [0.5, 0.6) is 0 Å². The molecule has 0 saturated carbocycles. The van der Waals surface area contributed by atoms with Gasteiger partial charge >= 0.3 is 0 Å². The van der Waals surface area contributed by atoms with Crippen molar-refractivity contribution in [3.63, 3.8) is 0 Å². The van der Waals surface area contributed by atoms with Crippen LogP contribution in [-0.4, -0.2) is 25.7 Å².